The average Bonchev–Trinajstić information content (AvgIpc) is 3.25. The largest absolute Gasteiger partial charge is 0.371 e. The molecule has 0 spiro atoms. The van der Waals surface area contributed by atoms with Gasteiger partial charge in [-0.1, -0.05) is 12.8 Å². The fraction of sp³-hybridized carbons (Fsp3) is 0.400. The quantitative estimate of drug-likeness (QED) is 0.774. The average molecular weight is 283 g/mol. The summed E-state index contributed by atoms with van der Waals surface area (Å²) in [6.45, 7) is 0. The van der Waals surface area contributed by atoms with Gasteiger partial charge in [0, 0.05) is 29.3 Å². The van der Waals surface area contributed by atoms with E-state index in [1.807, 2.05) is 18.5 Å². The molecule has 0 amide bonds. The molecule has 0 bridgehead atoms. The van der Waals surface area contributed by atoms with Crippen LogP contribution in [0.1, 0.15) is 31.9 Å². The molecule has 0 radical (unpaired) electrons. The first-order chi connectivity index (χ1) is 10.3. The number of nitrogens with zero attached hydrogens (tertiary/aromatic N) is 4. The Hall–Kier alpha value is -2.21. The van der Waals surface area contributed by atoms with Gasteiger partial charge >= 0.3 is 0 Å². The Morgan fingerprint density at radius 1 is 1.29 bits per heavy atom. The van der Waals surface area contributed by atoms with E-state index >= 15 is 0 Å². The molecule has 1 saturated carbocycles. The molecule has 6 nitrogen and oxygen atoms in total. The van der Waals surface area contributed by atoms with Crippen LogP contribution in [0.3, 0.4) is 0 Å². The second-order valence-electron chi connectivity index (χ2n) is 5.63. The highest BCUT2D eigenvalue weighted by molar-refractivity contribution is 5.89. The minimum Gasteiger partial charge on any atom is -0.371 e. The summed E-state index contributed by atoms with van der Waals surface area (Å²) in [5, 5.41) is 15.7. The molecule has 6 heteroatoms. The van der Waals surface area contributed by atoms with Gasteiger partial charge in [0.1, 0.15) is 18.2 Å². The highest BCUT2D eigenvalue weighted by atomic mass is 16.3. The Labute approximate surface area is 121 Å². The number of rotatable bonds is 3. The molecule has 21 heavy (non-hydrogen) atoms. The van der Waals surface area contributed by atoms with Crippen molar-refractivity contribution in [1.29, 1.82) is 0 Å². The fourth-order valence-electron chi connectivity index (χ4n) is 3.18. The lowest BCUT2D eigenvalue weighted by Gasteiger charge is -2.17. The maximum absolute atomic E-state index is 10.4. The van der Waals surface area contributed by atoms with Gasteiger partial charge < -0.3 is 10.1 Å². The molecule has 1 aliphatic carbocycles. The third-order valence-corrected chi connectivity index (χ3v) is 4.32. The summed E-state index contributed by atoms with van der Waals surface area (Å²) >= 11 is 0. The zero-order chi connectivity index (χ0) is 14.2. The number of aromatic amines is 1. The van der Waals surface area contributed by atoms with Crippen molar-refractivity contribution >= 4 is 11.0 Å². The predicted octanol–water partition coefficient (Wildman–Crippen LogP) is 2.50. The van der Waals surface area contributed by atoms with Crippen molar-refractivity contribution in [3.8, 4) is 11.3 Å². The first kappa shape index (κ1) is 12.5. The van der Waals surface area contributed by atoms with E-state index in [-0.39, 0.29) is 0 Å². The van der Waals surface area contributed by atoms with Crippen molar-refractivity contribution in [2.75, 3.05) is 0 Å². The number of aliphatic hydroxyl groups is 1. The number of fused-ring (bicyclic) bond motifs is 1. The highest BCUT2D eigenvalue weighted by Gasteiger charge is 2.25. The zero-order valence-corrected chi connectivity index (χ0v) is 11.6. The Bertz CT molecular complexity index is 756. The standard InChI is InChI=1S/C15H17N5O/c21-15(10-3-1-2-4-10)20-8-11(7-19-20)13-12-5-6-16-14(12)18-9-17-13/h5-10,15,21H,1-4H2,(H,16,17,18). The summed E-state index contributed by atoms with van der Waals surface area (Å²) in [5.74, 6) is 0.315. The third kappa shape index (κ3) is 2.12. The minimum absolute atomic E-state index is 0.315. The van der Waals surface area contributed by atoms with E-state index in [0.29, 0.717) is 5.92 Å². The fourth-order valence-corrected chi connectivity index (χ4v) is 3.18. The van der Waals surface area contributed by atoms with E-state index in [2.05, 4.69) is 20.1 Å². The number of H-pyrrole nitrogens is 1. The van der Waals surface area contributed by atoms with Gasteiger partial charge in [0.2, 0.25) is 0 Å². The second-order valence-corrected chi connectivity index (χ2v) is 5.63. The van der Waals surface area contributed by atoms with Crippen molar-refractivity contribution in [3.63, 3.8) is 0 Å². The zero-order valence-electron chi connectivity index (χ0n) is 11.6. The number of aromatic nitrogens is 5. The molecule has 1 fully saturated rings. The summed E-state index contributed by atoms with van der Waals surface area (Å²) < 4.78 is 1.66. The van der Waals surface area contributed by atoms with Crippen LogP contribution in [0, 0.1) is 5.92 Å². The van der Waals surface area contributed by atoms with Crippen LogP contribution in [0.2, 0.25) is 0 Å². The first-order valence-electron chi connectivity index (χ1n) is 7.33. The molecule has 108 valence electrons. The van der Waals surface area contributed by atoms with Crippen LogP contribution in [-0.2, 0) is 0 Å². The summed E-state index contributed by atoms with van der Waals surface area (Å²) in [7, 11) is 0. The topological polar surface area (TPSA) is 79.6 Å². The normalized spacial score (nSPS) is 17.6. The Balaban J connectivity index is 1.69. The summed E-state index contributed by atoms with van der Waals surface area (Å²) in [5.41, 5.74) is 2.55. The van der Waals surface area contributed by atoms with Crippen LogP contribution in [0.4, 0.5) is 0 Å². The number of hydrogen-bond donors (Lipinski definition) is 2. The van der Waals surface area contributed by atoms with Crippen molar-refractivity contribution in [3.05, 3.63) is 31.0 Å². The van der Waals surface area contributed by atoms with Crippen molar-refractivity contribution in [2.45, 2.75) is 31.9 Å². The summed E-state index contributed by atoms with van der Waals surface area (Å²) in [4.78, 5) is 11.6. The van der Waals surface area contributed by atoms with Crippen molar-refractivity contribution in [2.24, 2.45) is 5.92 Å². The lowest BCUT2D eigenvalue weighted by Crippen LogP contribution is -2.17. The maximum Gasteiger partial charge on any atom is 0.149 e. The minimum atomic E-state index is -0.537. The van der Waals surface area contributed by atoms with E-state index in [4.69, 9.17) is 0 Å². The van der Waals surface area contributed by atoms with Gasteiger partial charge in [-0.3, -0.25) is 0 Å². The van der Waals surface area contributed by atoms with Crippen LogP contribution in [-0.4, -0.2) is 29.8 Å². The first-order valence-corrected chi connectivity index (χ1v) is 7.33. The molecular formula is C15H17N5O. The van der Waals surface area contributed by atoms with Gasteiger partial charge in [-0.2, -0.15) is 5.10 Å². The van der Waals surface area contributed by atoms with Gasteiger partial charge in [0.15, 0.2) is 0 Å². The second kappa shape index (κ2) is 4.96. The SMILES string of the molecule is OC(C1CCCC1)n1cc(-c2ncnc3[nH]ccc23)cn1. The van der Waals surface area contributed by atoms with E-state index in [0.717, 1.165) is 35.1 Å². The van der Waals surface area contributed by atoms with Gasteiger partial charge in [-0.15, -0.1) is 0 Å². The molecule has 0 aromatic carbocycles. The number of nitrogens with one attached hydrogen (secondary N) is 1. The van der Waals surface area contributed by atoms with Gasteiger partial charge in [-0.25, -0.2) is 14.6 Å². The highest BCUT2D eigenvalue weighted by Crippen LogP contribution is 2.33. The molecule has 0 aliphatic heterocycles. The van der Waals surface area contributed by atoms with Crippen LogP contribution in [0.5, 0.6) is 0 Å². The van der Waals surface area contributed by atoms with Gasteiger partial charge in [0.05, 0.1) is 11.9 Å². The van der Waals surface area contributed by atoms with Crippen molar-refractivity contribution < 1.29 is 5.11 Å². The molecule has 1 aliphatic rings. The lowest BCUT2D eigenvalue weighted by atomic mass is 10.1. The van der Waals surface area contributed by atoms with E-state index in [1.165, 1.54) is 12.8 Å². The Morgan fingerprint density at radius 3 is 3.00 bits per heavy atom. The molecule has 4 rings (SSSR count). The van der Waals surface area contributed by atoms with Gasteiger partial charge in [0.25, 0.3) is 0 Å². The third-order valence-electron chi connectivity index (χ3n) is 4.32. The maximum atomic E-state index is 10.4. The van der Waals surface area contributed by atoms with E-state index in [1.54, 1.807) is 17.2 Å². The summed E-state index contributed by atoms with van der Waals surface area (Å²) in [6, 6.07) is 1.95. The molecule has 3 aromatic rings. The molecular weight excluding hydrogens is 266 g/mol. The van der Waals surface area contributed by atoms with Crippen LogP contribution in [0.25, 0.3) is 22.3 Å². The van der Waals surface area contributed by atoms with Crippen molar-refractivity contribution in [1.82, 2.24) is 24.7 Å². The number of aliphatic hydroxyl groups excluding tert-OH is 1. The molecule has 1 atom stereocenters. The van der Waals surface area contributed by atoms with Crippen LogP contribution < -0.4 is 0 Å². The monoisotopic (exact) mass is 283 g/mol. The molecule has 2 N–H and O–H groups in total. The smallest absolute Gasteiger partial charge is 0.149 e. The Morgan fingerprint density at radius 2 is 2.14 bits per heavy atom. The Kier molecular flexibility index (Phi) is 2.96. The molecule has 1 unspecified atom stereocenters. The molecule has 3 heterocycles. The van der Waals surface area contributed by atoms with Crippen LogP contribution >= 0.6 is 0 Å². The predicted molar refractivity (Wildman–Crippen MR) is 78.3 cm³/mol. The number of hydrogen-bond acceptors (Lipinski definition) is 4. The molecule has 3 aromatic heterocycles. The van der Waals surface area contributed by atoms with E-state index in [9.17, 15) is 5.11 Å². The van der Waals surface area contributed by atoms with E-state index < -0.39 is 6.23 Å². The lowest BCUT2D eigenvalue weighted by molar-refractivity contribution is 0.0325. The van der Waals surface area contributed by atoms with Crippen LogP contribution in [0.15, 0.2) is 31.0 Å². The summed E-state index contributed by atoms with van der Waals surface area (Å²) in [6.07, 6.45) is 11.0. The molecule has 0 saturated heterocycles. The van der Waals surface area contributed by atoms with Gasteiger partial charge in [-0.05, 0) is 18.9 Å².